The Morgan fingerprint density at radius 3 is 2.94 bits per heavy atom. The standard InChI is InChI=1S/C14H22N2O2/c1-3-11(2)16-7-4-13(15-16)10-14(17)12-5-8-18-9-6-12/h4,7,11-12H,3,5-6,8-10H2,1-2H3. The number of ketones is 1. The van der Waals surface area contributed by atoms with Crippen LogP contribution in [0.5, 0.6) is 0 Å². The van der Waals surface area contributed by atoms with Gasteiger partial charge in [0.15, 0.2) is 0 Å². The van der Waals surface area contributed by atoms with Gasteiger partial charge in [0.25, 0.3) is 0 Å². The van der Waals surface area contributed by atoms with E-state index in [0.717, 1.165) is 38.2 Å². The molecule has 100 valence electrons. The molecule has 1 aliphatic heterocycles. The molecule has 0 aliphatic carbocycles. The van der Waals surface area contributed by atoms with E-state index in [-0.39, 0.29) is 5.92 Å². The van der Waals surface area contributed by atoms with Crippen LogP contribution < -0.4 is 0 Å². The number of nitrogens with zero attached hydrogens (tertiary/aromatic N) is 2. The lowest BCUT2D eigenvalue weighted by Gasteiger charge is -2.20. The number of aromatic nitrogens is 2. The molecule has 1 unspecified atom stereocenters. The SMILES string of the molecule is CCC(C)n1ccc(CC(=O)C2CCOCC2)n1. The zero-order valence-corrected chi connectivity index (χ0v) is 11.3. The molecule has 1 aromatic rings. The molecule has 1 aromatic heterocycles. The number of hydrogen-bond donors (Lipinski definition) is 0. The molecule has 1 fully saturated rings. The van der Waals surface area contributed by atoms with Crippen molar-refractivity contribution in [1.82, 2.24) is 9.78 Å². The van der Waals surface area contributed by atoms with E-state index in [1.807, 2.05) is 16.9 Å². The van der Waals surface area contributed by atoms with Crippen LogP contribution in [0.1, 0.15) is 44.8 Å². The van der Waals surface area contributed by atoms with Crippen LogP contribution >= 0.6 is 0 Å². The van der Waals surface area contributed by atoms with Crippen molar-refractivity contribution in [2.75, 3.05) is 13.2 Å². The Labute approximate surface area is 108 Å². The zero-order chi connectivity index (χ0) is 13.0. The number of rotatable bonds is 5. The summed E-state index contributed by atoms with van der Waals surface area (Å²) in [6.07, 6.45) is 5.22. The Kier molecular flexibility index (Phi) is 4.53. The van der Waals surface area contributed by atoms with Gasteiger partial charge < -0.3 is 4.74 Å². The minimum atomic E-state index is 0.174. The van der Waals surface area contributed by atoms with Crippen LogP contribution in [0.2, 0.25) is 0 Å². The van der Waals surface area contributed by atoms with Gasteiger partial charge in [0.2, 0.25) is 0 Å². The van der Waals surface area contributed by atoms with E-state index in [1.165, 1.54) is 0 Å². The molecule has 1 saturated heterocycles. The lowest BCUT2D eigenvalue weighted by atomic mass is 9.93. The normalized spacial score (nSPS) is 18.8. The van der Waals surface area contributed by atoms with Gasteiger partial charge in [-0.2, -0.15) is 5.10 Å². The third kappa shape index (κ3) is 3.19. The molecule has 0 saturated carbocycles. The zero-order valence-electron chi connectivity index (χ0n) is 11.3. The van der Waals surface area contributed by atoms with Gasteiger partial charge >= 0.3 is 0 Å². The first-order valence-corrected chi connectivity index (χ1v) is 6.85. The molecule has 4 nitrogen and oxygen atoms in total. The second kappa shape index (κ2) is 6.14. The highest BCUT2D eigenvalue weighted by molar-refractivity contribution is 5.82. The Morgan fingerprint density at radius 2 is 2.28 bits per heavy atom. The summed E-state index contributed by atoms with van der Waals surface area (Å²) in [5.41, 5.74) is 0.895. The maximum Gasteiger partial charge on any atom is 0.142 e. The first-order chi connectivity index (χ1) is 8.70. The molecule has 2 heterocycles. The van der Waals surface area contributed by atoms with Crippen molar-refractivity contribution in [3.8, 4) is 0 Å². The summed E-state index contributed by atoms with van der Waals surface area (Å²) < 4.78 is 7.23. The van der Waals surface area contributed by atoms with Gasteiger partial charge in [0.1, 0.15) is 5.78 Å². The van der Waals surface area contributed by atoms with Gasteiger partial charge in [-0.1, -0.05) is 6.92 Å². The molecule has 1 atom stereocenters. The van der Waals surface area contributed by atoms with Crippen LogP contribution in [0.4, 0.5) is 0 Å². The fraction of sp³-hybridized carbons (Fsp3) is 0.714. The summed E-state index contributed by atoms with van der Waals surface area (Å²) in [6.45, 7) is 5.71. The average Bonchev–Trinajstić information content (AvgIpc) is 2.87. The van der Waals surface area contributed by atoms with Gasteiger partial charge in [0.05, 0.1) is 12.1 Å². The predicted molar refractivity (Wildman–Crippen MR) is 69.5 cm³/mol. The van der Waals surface area contributed by atoms with E-state index >= 15 is 0 Å². The fourth-order valence-electron chi connectivity index (χ4n) is 2.25. The van der Waals surface area contributed by atoms with Crippen molar-refractivity contribution in [2.45, 2.75) is 45.6 Å². The second-order valence-electron chi connectivity index (χ2n) is 5.07. The predicted octanol–water partition coefficient (Wildman–Crippen LogP) is 2.39. The maximum atomic E-state index is 12.1. The number of ether oxygens (including phenoxy) is 1. The van der Waals surface area contributed by atoms with E-state index in [2.05, 4.69) is 18.9 Å². The van der Waals surface area contributed by atoms with Crippen molar-refractivity contribution in [1.29, 1.82) is 0 Å². The van der Waals surface area contributed by atoms with Crippen LogP contribution in [0.25, 0.3) is 0 Å². The van der Waals surface area contributed by atoms with Crippen molar-refractivity contribution in [3.63, 3.8) is 0 Å². The molecule has 0 N–H and O–H groups in total. The highest BCUT2D eigenvalue weighted by Crippen LogP contribution is 2.18. The van der Waals surface area contributed by atoms with E-state index in [0.29, 0.717) is 18.2 Å². The molecule has 1 aliphatic rings. The van der Waals surface area contributed by atoms with Crippen LogP contribution in [0.15, 0.2) is 12.3 Å². The lowest BCUT2D eigenvalue weighted by Crippen LogP contribution is -2.24. The van der Waals surface area contributed by atoms with Crippen LogP contribution in [0.3, 0.4) is 0 Å². The third-order valence-electron chi connectivity index (χ3n) is 3.74. The topological polar surface area (TPSA) is 44.1 Å². The number of carbonyl (C=O) groups is 1. The van der Waals surface area contributed by atoms with Gasteiger partial charge in [-0.15, -0.1) is 0 Å². The summed E-state index contributed by atoms with van der Waals surface area (Å²) in [6, 6.07) is 2.36. The summed E-state index contributed by atoms with van der Waals surface area (Å²) >= 11 is 0. The van der Waals surface area contributed by atoms with E-state index in [9.17, 15) is 4.79 Å². The first kappa shape index (κ1) is 13.3. The molecular weight excluding hydrogens is 228 g/mol. The van der Waals surface area contributed by atoms with Crippen LogP contribution in [-0.4, -0.2) is 28.8 Å². The minimum Gasteiger partial charge on any atom is -0.381 e. The molecule has 0 aromatic carbocycles. The van der Waals surface area contributed by atoms with E-state index in [4.69, 9.17) is 4.74 Å². The molecule has 2 rings (SSSR count). The molecule has 0 amide bonds. The number of Topliss-reactive ketones (excluding diaryl/α,β-unsaturated/α-hetero) is 1. The largest absolute Gasteiger partial charge is 0.381 e. The van der Waals surface area contributed by atoms with E-state index < -0.39 is 0 Å². The first-order valence-electron chi connectivity index (χ1n) is 6.85. The third-order valence-corrected chi connectivity index (χ3v) is 3.74. The van der Waals surface area contributed by atoms with Crippen molar-refractivity contribution in [3.05, 3.63) is 18.0 Å². The van der Waals surface area contributed by atoms with Gasteiger partial charge in [-0.25, -0.2) is 0 Å². The van der Waals surface area contributed by atoms with Gasteiger partial charge in [0, 0.05) is 31.4 Å². The van der Waals surface area contributed by atoms with Crippen LogP contribution in [-0.2, 0) is 16.0 Å². The molecule has 4 heteroatoms. The Hall–Kier alpha value is -1.16. The maximum absolute atomic E-state index is 12.1. The Morgan fingerprint density at radius 1 is 1.56 bits per heavy atom. The Balaban J connectivity index is 1.92. The molecule has 0 radical (unpaired) electrons. The number of carbonyl (C=O) groups excluding carboxylic acids is 1. The number of hydrogen-bond acceptors (Lipinski definition) is 3. The van der Waals surface area contributed by atoms with Crippen molar-refractivity contribution in [2.24, 2.45) is 5.92 Å². The van der Waals surface area contributed by atoms with Crippen molar-refractivity contribution < 1.29 is 9.53 Å². The van der Waals surface area contributed by atoms with Gasteiger partial charge in [-0.05, 0) is 32.3 Å². The highest BCUT2D eigenvalue weighted by atomic mass is 16.5. The molecule has 18 heavy (non-hydrogen) atoms. The summed E-state index contributed by atoms with van der Waals surface area (Å²) in [4.78, 5) is 12.1. The lowest BCUT2D eigenvalue weighted by molar-refractivity contribution is -0.125. The van der Waals surface area contributed by atoms with Gasteiger partial charge in [-0.3, -0.25) is 9.48 Å². The van der Waals surface area contributed by atoms with Crippen molar-refractivity contribution >= 4 is 5.78 Å². The Bertz CT molecular complexity index is 394. The fourth-order valence-corrected chi connectivity index (χ4v) is 2.25. The molecular formula is C14H22N2O2. The quantitative estimate of drug-likeness (QED) is 0.806. The van der Waals surface area contributed by atoms with Crippen LogP contribution in [0, 0.1) is 5.92 Å². The molecule has 0 bridgehead atoms. The summed E-state index contributed by atoms with van der Waals surface area (Å²) in [5, 5.41) is 4.48. The summed E-state index contributed by atoms with van der Waals surface area (Å²) in [5.74, 6) is 0.486. The average molecular weight is 250 g/mol. The van der Waals surface area contributed by atoms with E-state index in [1.54, 1.807) is 0 Å². The minimum absolute atomic E-state index is 0.174. The summed E-state index contributed by atoms with van der Waals surface area (Å²) in [7, 11) is 0. The molecule has 0 spiro atoms. The second-order valence-corrected chi connectivity index (χ2v) is 5.07. The smallest absolute Gasteiger partial charge is 0.142 e. The monoisotopic (exact) mass is 250 g/mol. The highest BCUT2D eigenvalue weighted by Gasteiger charge is 2.22.